The van der Waals surface area contributed by atoms with E-state index in [-0.39, 0.29) is 5.54 Å². The first-order chi connectivity index (χ1) is 7.50. The fourth-order valence-corrected chi connectivity index (χ4v) is 2.20. The van der Waals surface area contributed by atoms with Crippen LogP contribution >= 0.6 is 0 Å². The van der Waals surface area contributed by atoms with Gasteiger partial charge in [0.2, 0.25) is 0 Å². The predicted octanol–water partition coefficient (Wildman–Crippen LogP) is 2.74. The second kappa shape index (κ2) is 4.21. The molecule has 1 aliphatic carbocycles. The Morgan fingerprint density at radius 2 is 2.19 bits per heavy atom. The minimum Gasteiger partial charge on any atom is -0.331 e. The molecule has 1 aromatic rings. The number of nitrogens with one attached hydrogen (secondary N) is 1. The van der Waals surface area contributed by atoms with Crippen LogP contribution in [-0.4, -0.2) is 15.1 Å². The van der Waals surface area contributed by atoms with E-state index >= 15 is 0 Å². The monoisotopic (exact) mass is 221 g/mol. The summed E-state index contributed by atoms with van der Waals surface area (Å²) in [6.45, 7) is 9.91. The Labute approximate surface area is 98.3 Å². The van der Waals surface area contributed by atoms with E-state index in [1.807, 2.05) is 12.5 Å². The maximum atomic E-state index is 4.23. The van der Waals surface area contributed by atoms with Crippen LogP contribution in [0.4, 0.5) is 0 Å². The Balaban J connectivity index is 1.96. The molecule has 0 amide bonds. The van der Waals surface area contributed by atoms with Crippen molar-refractivity contribution in [3.05, 3.63) is 18.2 Å². The van der Waals surface area contributed by atoms with Crippen molar-refractivity contribution < 1.29 is 0 Å². The average Bonchev–Trinajstić information content (AvgIpc) is 2.95. The summed E-state index contributed by atoms with van der Waals surface area (Å²) in [6.07, 6.45) is 6.65. The molecule has 0 unspecified atom stereocenters. The first kappa shape index (κ1) is 11.6. The summed E-state index contributed by atoms with van der Waals surface area (Å²) >= 11 is 0. The molecule has 1 fully saturated rings. The van der Waals surface area contributed by atoms with Crippen molar-refractivity contribution in [1.29, 1.82) is 0 Å². The van der Waals surface area contributed by atoms with Crippen molar-refractivity contribution >= 4 is 0 Å². The second-order valence-corrected chi connectivity index (χ2v) is 5.74. The maximum Gasteiger partial charge on any atom is 0.0951 e. The van der Waals surface area contributed by atoms with E-state index in [0.717, 1.165) is 12.5 Å². The van der Waals surface area contributed by atoms with Crippen LogP contribution in [0.5, 0.6) is 0 Å². The van der Waals surface area contributed by atoms with E-state index in [4.69, 9.17) is 0 Å². The van der Waals surface area contributed by atoms with Crippen LogP contribution in [0.15, 0.2) is 12.5 Å². The second-order valence-electron chi connectivity index (χ2n) is 5.74. The molecule has 2 rings (SSSR count). The molecule has 1 heterocycles. The predicted molar refractivity (Wildman–Crippen MR) is 66.3 cm³/mol. The van der Waals surface area contributed by atoms with Crippen LogP contribution in [0, 0.1) is 5.92 Å². The van der Waals surface area contributed by atoms with Gasteiger partial charge in [0, 0.05) is 24.3 Å². The Kier molecular flexibility index (Phi) is 3.06. The first-order valence-corrected chi connectivity index (χ1v) is 6.26. The van der Waals surface area contributed by atoms with Gasteiger partial charge in [0.1, 0.15) is 0 Å². The lowest BCUT2D eigenvalue weighted by molar-refractivity contribution is 0.333. The number of hydrogen-bond donors (Lipinski definition) is 1. The molecular formula is C13H23N3. The summed E-state index contributed by atoms with van der Waals surface area (Å²) in [7, 11) is 0. The quantitative estimate of drug-likeness (QED) is 0.828. The van der Waals surface area contributed by atoms with Gasteiger partial charge in [0.25, 0.3) is 0 Å². The van der Waals surface area contributed by atoms with Crippen LogP contribution < -0.4 is 5.32 Å². The number of nitrogens with zero attached hydrogens (tertiary/aromatic N) is 2. The van der Waals surface area contributed by atoms with Gasteiger partial charge in [-0.05, 0) is 46.5 Å². The highest BCUT2D eigenvalue weighted by atomic mass is 15.1. The third-order valence-electron chi connectivity index (χ3n) is 3.63. The van der Waals surface area contributed by atoms with Crippen LogP contribution in [-0.2, 0) is 6.54 Å². The van der Waals surface area contributed by atoms with Gasteiger partial charge in [0.05, 0.1) is 12.0 Å². The first-order valence-electron chi connectivity index (χ1n) is 6.26. The highest BCUT2D eigenvalue weighted by Gasteiger charge is 2.37. The highest BCUT2D eigenvalue weighted by molar-refractivity contribution is 5.02. The van der Waals surface area contributed by atoms with Crippen molar-refractivity contribution in [3.8, 4) is 0 Å². The standard InChI is InChI=1S/C13H23N3/c1-10(2)16-9-14-7-12(16)8-15-13(3,4)11-5-6-11/h7,9-11,15H,5-6,8H2,1-4H3. The molecule has 0 atom stereocenters. The Hall–Kier alpha value is -0.830. The summed E-state index contributed by atoms with van der Waals surface area (Å²) in [5.74, 6) is 0.864. The Bertz CT molecular complexity index is 348. The van der Waals surface area contributed by atoms with Gasteiger partial charge in [0.15, 0.2) is 0 Å². The Morgan fingerprint density at radius 3 is 2.75 bits per heavy atom. The van der Waals surface area contributed by atoms with Crippen molar-refractivity contribution in [1.82, 2.24) is 14.9 Å². The van der Waals surface area contributed by atoms with Gasteiger partial charge in [-0.25, -0.2) is 4.98 Å². The Morgan fingerprint density at radius 1 is 1.50 bits per heavy atom. The summed E-state index contributed by atoms with van der Waals surface area (Å²) in [6, 6.07) is 0.489. The number of hydrogen-bond acceptors (Lipinski definition) is 2. The summed E-state index contributed by atoms with van der Waals surface area (Å²) in [4.78, 5) is 4.23. The molecule has 0 aliphatic heterocycles. The fraction of sp³-hybridized carbons (Fsp3) is 0.769. The minimum absolute atomic E-state index is 0.270. The smallest absolute Gasteiger partial charge is 0.0951 e. The van der Waals surface area contributed by atoms with E-state index < -0.39 is 0 Å². The van der Waals surface area contributed by atoms with Crippen LogP contribution in [0.25, 0.3) is 0 Å². The van der Waals surface area contributed by atoms with Crippen molar-refractivity contribution in [2.75, 3.05) is 0 Å². The van der Waals surface area contributed by atoms with Gasteiger partial charge >= 0.3 is 0 Å². The summed E-state index contributed by atoms with van der Waals surface area (Å²) in [5.41, 5.74) is 1.55. The zero-order valence-corrected chi connectivity index (χ0v) is 10.8. The van der Waals surface area contributed by atoms with Crippen molar-refractivity contribution in [3.63, 3.8) is 0 Å². The van der Waals surface area contributed by atoms with Gasteiger partial charge in [-0.3, -0.25) is 0 Å². The molecule has 16 heavy (non-hydrogen) atoms. The molecule has 1 saturated carbocycles. The molecule has 1 aliphatic rings. The third kappa shape index (κ3) is 2.46. The summed E-state index contributed by atoms with van der Waals surface area (Å²) in [5, 5.41) is 3.66. The van der Waals surface area contributed by atoms with Gasteiger partial charge < -0.3 is 9.88 Å². The fourth-order valence-electron chi connectivity index (χ4n) is 2.20. The molecule has 0 radical (unpaired) electrons. The normalized spacial score (nSPS) is 17.1. The highest BCUT2D eigenvalue weighted by Crippen LogP contribution is 2.39. The third-order valence-corrected chi connectivity index (χ3v) is 3.63. The van der Waals surface area contributed by atoms with Gasteiger partial charge in [-0.2, -0.15) is 0 Å². The number of aromatic nitrogens is 2. The minimum atomic E-state index is 0.270. The van der Waals surface area contributed by atoms with E-state index in [0.29, 0.717) is 6.04 Å². The molecule has 3 heteroatoms. The van der Waals surface area contributed by atoms with Crippen LogP contribution in [0.1, 0.15) is 52.3 Å². The van der Waals surface area contributed by atoms with Crippen LogP contribution in [0.3, 0.4) is 0 Å². The SMILES string of the molecule is CC(C)n1cncc1CNC(C)(C)C1CC1. The lowest BCUT2D eigenvalue weighted by atomic mass is 9.99. The van der Waals surface area contributed by atoms with Gasteiger partial charge in [-0.15, -0.1) is 0 Å². The summed E-state index contributed by atoms with van der Waals surface area (Å²) < 4.78 is 2.23. The lowest BCUT2D eigenvalue weighted by Crippen LogP contribution is -2.41. The average molecular weight is 221 g/mol. The molecule has 0 bridgehead atoms. The van der Waals surface area contributed by atoms with E-state index in [1.165, 1.54) is 18.5 Å². The zero-order valence-electron chi connectivity index (χ0n) is 10.8. The van der Waals surface area contributed by atoms with Crippen molar-refractivity contribution in [2.45, 2.75) is 58.7 Å². The number of imidazole rings is 1. The molecular weight excluding hydrogens is 198 g/mol. The molecule has 0 aromatic carbocycles. The molecule has 0 spiro atoms. The maximum absolute atomic E-state index is 4.23. The van der Waals surface area contributed by atoms with E-state index in [9.17, 15) is 0 Å². The number of rotatable bonds is 5. The van der Waals surface area contributed by atoms with Gasteiger partial charge in [-0.1, -0.05) is 0 Å². The molecule has 3 nitrogen and oxygen atoms in total. The van der Waals surface area contributed by atoms with Crippen LogP contribution in [0.2, 0.25) is 0 Å². The van der Waals surface area contributed by atoms with Crippen molar-refractivity contribution in [2.24, 2.45) is 5.92 Å². The molecule has 1 N–H and O–H groups in total. The topological polar surface area (TPSA) is 29.9 Å². The van der Waals surface area contributed by atoms with E-state index in [1.54, 1.807) is 0 Å². The molecule has 1 aromatic heterocycles. The van der Waals surface area contributed by atoms with E-state index in [2.05, 4.69) is 42.6 Å². The lowest BCUT2D eigenvalue weighted by Gasteiger charge is -2.26. The zero-order chi connectivity index (χ0) is 11.8. The molecule has 0 saturated heterocycles. The molecule has 90 valence electrons. The largest absolute Gasteiger partial charge is 0.331 e.